The topological polar surface area (TPSA) is 30.5 Å². The van der Waals surface area contributed by atoms with E-state index in [0.29, 0.717) is 47.3 Å². The van der Waals surface area contributed by atoms with Crippen molar-refractivity contribution in [2.45, 2.75) is 165 Å². The van der Waals surface area contributed by atoms with E-state index in [4.69, 9.17) is 5.58 Å². The second-order valence-electron chi connectivity index (χ2n) is 23.1. The molecule has 0 saturated carbocycles. The van der Waals surface area contributed by atoms with Gasteiger partial charge in [-0.2, -0.15) is 0 Å². The Bertz CT molecular complexity index is 2790. The summed E-state index contributed by atoms with van der Waals surface area (Å²) in [7, 11) is 0. The molecule has 0 radical (unpaired) electrons. The van der Waals surface area contributed by atoms with Crippen molar-refractivity contribution in [1.29, 1.82) is 0 Å². The van der Waals surface area contributed by atoms with Crippen LogP contribution in [0, 0.1) is 6.92 Å². The first-order valence-electron chi connectivity index (χ1n) is 27.3. The fraction of sp³-hybridized carbons (Fsp3) is 0.373. The monoisotopic (exact) mass is 1080 g/mol. The molecule has 0 aromatic heterocycles. The fourth-order valence-corrected chi connectivity index (χ4v) is 33.3. The van der Waals surface area contributed by atoms with Crippen LogP contribution in [-0.2, 0) is 5.58 Å². The molecular formula is C67H83Ge2NO2. The van der Waals surface area contributed by atoms with Crippen molar-refractivity contribution < 1.29 is 5.58 Å². The van der Waals surface area contributed by atoms with Crippen LogP contribution < -0.4 is 13.1 Å². The Kier molecular flexibility index (Phi) is 16.4. The van der Waals surface area contributed by atoms with E-state index >= 15 is 0 Å². The molecule has 1 fully saturated rings. The third-order valence-electron chi connectivity index (χ3n) is 15.3. The van der Waals surface area contributed by atoms with Crippen molar-refractivity contribution in [2.75, 3.05) is 4.27 Å². The van der Waals surface area contributed by atoms with Crippen molar-refractivity contribution in [3.8, 4) is 44.5 Å². The second-order valence-corrected chi connectivity index (χ2v) is 36.0. The molecule has 3 nitrogen and oxygen atoms in total. The normalized spacial score (nSPS) is 16.1. The number of anilines is 1. The summed E-state index contributed by atoms with van der Waals surface area (Å²) in [6, 6.07) is 51.0. The SMILES string of the molecule is Cc1ccccc1[NH][Ge]1([c]2c(-c3c(C(C)C)cccc3C(C)C)cccc2-c2c(C(C)C)cccc2C(C)C)[O][GeH]([c]2c(-c3c(C(C)C)cccc3C(C)C)cccc2-c2c(C(C)C)cccc2C(C)C)[O]1. The quantitative estimate of drug-likeness (QED) is 0.0979. The van der Waals surface area contributed by atoms with Crippen LogP contribution in [0.5, 0.6) is 0 Å². The van der Waals surface area contributed by atoms with Crippen LogP contribution in [0.15, 0.2) is 133 Å². The Hall–Kier alpha value is -4.65. The number of para-hydroxylation sites is 1. The second kappa shape index (κ2) is 22.1. The predicted molar refractivity (Wildman–Crippen MR) is 316 cm³/mol. The summed E-state index contributed by atoms with van der Waals surface area (Å²) >= 11 is -8.01. The minimum atomic E-state index is -4.49. The first-order chi connectivity index (χ1) is 34.3. The molecule has 7 aromatic rings. The van der Waals surface area contributed by atoms with Crippen LogP contribution in [0.2, 0.25) is 0 Å². The van der Waals surface area contributed by atoms with Gasteiger partial charge in [0, 0.05) is 0 Å². The Labute approximate surface area is 443 Å². The van der Waals surface area contributed by atoms with Gasteiger partial charge in [-0.05, 0) is 0 Å². The molecule has 0 bridgehead atoms. The summed E-state index contributed by atoms with van der Waals surface area (Å²) in [6.07, 6.45) is 0. The van der Waals surface area contributed by atoms with E-state index in [1.54, 1.807) is 0 Å². The van der Waals surface area contributed by atoms with E-state index < -0.39 is 29.2 Å². The molecule has 1 N–H and O–H groups in total. The molecule has 1 aliphatic heterocycles. The molecule has 1 heterocycles. The van der Waals surface area contributed by atoms with Crippen molar-refractivity contribution in [3.05, 3.63) is 184 Å². The third kappa shape index (κ3) is 10.1. The molecule has 0 aliphatic carbocycles. The van der Waals surface area contributed by atoms with Crippen molar-refractivity contribution in [2.24, 2.45) is 0 Å². The van der Waals surface area contributed by atoms with Crippen LogP contribution in [0.25, 0.3) is 44.5 Å². The molecule has 72 heavy (non-hydrogen) atoms. The maximum absolute atomic E-state index is 8.45. The molecular weight excluding hydrogens is 996 g/mol. The summed E-state index contributed by atoms with van der Waals surface area (Å²) in [4.78, 5) is 0. The summed E-state index contributed by atoms with van der Waals surface area (Å²) in [5.74, 6) is 2.48. The Morgan fingerprint density at radius 3 is 0.889 bits per heavy atom. The Morgan fingerprint density at radius 1 is 0.333 bits per heavy atom. The number of benzene rings is 7. The number of hydrogen-bond donors (Lipinski definition) is 1. The van der Waals surface area contributed by atoms with Gasteiger partial charge in [-0.15, -0.1) is 0 Å². The van der Waals surface area contributed by atoms with Gasteiger partial charge in [-0.25, -0.2) is 0 Å². The molecule has 7 aromatic carbocycles. The van der Waals surface area contributed by atoms with Crippen LogP contribution >= 0.6 is 0 Å². The van der Waals surface area contributed by atoms with Crippen molar-refractivity contribution >= 4 is 43.7 Å². The van der Waals surface area contributed by atoms with E-state index in [0.717, 1.165) is 5.69 Å². The number of nitrogens with one attached hydrogen (secondary N) is 1. The number of hydrogen-bond acceptors (Lipinski definition) is 3. The van der Waals surface area contributed by atoms with Crippen LogP contribution in [0.1, 0.15) is 208 Å². The average Bonchev–Trinajstić information content (AvgIpc) is 3.33. The van der Waals surface area contributed by atoms with Gasteiger partial charge in [0.05, 0.1) is 0 Å². The van der Waals surface area contributed by atoms with Gasteiger partial charge in [0.15, 0.2) is 0 Å². The number of rotatable bonds is 16. The standard InChI is InChI=1S/C67H83Ge2NO2/c1-40(2)49-27-20-28-50(41(3)4)62(49)57-35-24-36-58(63-51(42(5)6)29-21-30-52(63)43(7)8)66(57)68-71-69(72-68,70-61-39-19-18-26-48(61)17)67-59(64-53(44(9)10)31-22-32-54(64)45(11)12)37-25-38-60(67)65-55(46(13)14)33-23-34-56(65)47(15)16/h18-47,68,70H,1-17H3. The van der Waals surface area contributed by atoms with Crippen molar-refractivity contribution in [3.63, 3.8) is 0 Å². The zero-order valence-corrected chi connectivity index (χ0v) is 51.2. The van der Waals surface area contributed by atoms with Crippen LogP contribution in [-0.4, -0.2) is 29.2 Å². The first-order valence-corrected chi connectivity index (χ1v) is 34.3. The zero-order valence-electron chi connectivity index (χ0n) is 46.7. The maximum atomic E-state index is 8.45. The summed E-state index contributed by atoms with van der Waals surface area (Å²) < 4.78 is 23.8. The molecule has 5 heteroatoms. The van der Waals surface area contributed by atoms with Crippen molar-refractivity contribution in [1.82, 2.24) is 0 Å². The predicted octanol–water partition coefficient (Wildman–Crippen LogP) is 18.1. The van der Waals surface area contributed by atoms with E-state index in [1.807, 2.05) is 0 Å². The van der Waals surface area contributed by atoms with Crippen LogP contribution in [0.4, 0.5) is 5.69 Å². The van der Waals surface area contributed by atoms with Gasteiger partial charge in [-0.3, -0.25) is 0 Å². The number of aryl methyl sites for hydroxylation is 1. The molecule has 376 valence electrons. The van der Waals surface area contributed by atoms with E-state index in [2.05, 4.69) is 255 Å². The van der Waals surface area contributed by atoms with Gasteiger partial charge < -0.3 is 0 Å². The molecule has 8 rings (SSSR count). The van der Waals surface area contributed by atoms with E-state index in [1.165, 1.54) is 103 Å². The summed E-state index contributed by atoms with van der Waals surface area (Å²) in [6.45, 7) is 39.8. The molecule has 1 saturated heterocycles. The Morgan fingerprint density at radius 2 is 0.597 bits per heavy atom. The van der Waals surface area contributed by atoms with Gasteiger partial charge in [0.2, 0.25) is 0 Å². The van der Waals surface area contributed by atoms with Gasteiger partial charge >= 0.3 is 447 Å². The summed E-state index contributed by atoms with van der Waals surface area (Å²) in [5.41, 5.74) is 23.6. The zero-order chi connectivity index (χ0) is 51.9. The van der Waals surface area contributed by atoms with Gasteiger partial charge in [-0.1, -0.05) is 0 Å². The molecule has 0 amide bonds. The molecule has 1 aliphatic rings. The average molecular weight is 1080 g/mol. The third-order valence-corrected chi connectivity index (χ3v) is 35.6. The Balaban J connectivity index is 1.54. The van der Waals surface area contributed by atoms with Gasteiger partial charge in [0.25, 0.3) is 0 Å². The van der Waals surface area contributed by atoms with Crippen LogP contribution in [0.3, 0.4) is 0 Å². The summed E-state index contributed by atoms with van der Waals surface area (Å²) in [5, 5.41) is 0. The van der Waals surface area contributed by atoms with E-state index in [9.17, 15) is 0 Å². The fourth-order valence-electron chi connectivity index (χ4n) is 11.6. The van der Waals surface area contributed by atoms with Gasteiger partial charge in [0.1, 0.15) is 0 Å². The van der Waals surface area contributed by atoms with E-state index in [-0.39, 0.29) is 0 Å². The first kappa shape index (κ1) is 53.6. The molecule has 0 atom stereocenters. The molecule has 0 spiro atoms. The molecule has 0 unspecified atom stereocenters. The minimum absolute atomic E-state index is 0.299.